The molecule has 0 aromatic rings. The second kappa shape index (κ2) is 4.62. The monoisotopic (exact) mass is 244 g/mol. The van der Waals surface area contributed by atoms with E-state index in [9.17, 15) is 14.7 Å². The van der Waals surface area contributed by atoms with Gasteiger partial charge < -0.3 is 15.6 Å². The summed E-state index contributed by atoms with van der Waals surface area (Å²) in [5.74, 6) is -1.03. The standard InChI is InChI=1S/C11H20N2O4/c1-10(8(12)14)4-5-13(6-10)7-11(2,16)9(15)17-3/h16H,4-7H2,1-3H3,(H2,12,14). The highest BCUT2D eigenvalue weighted by Crippen LogP contribution is 2.30. The zero-order valence-electron chi connectivity index (χ0n) is 10.5. The van der Waals surface area contributed by atoms with Crippen LogP contribution in [0.4, 0.5) is 0 Å². The Hall–Kier alpha value is -1.14. The average Bonchev–Trinajstić information content (AvgIpc) is 2.59. The average molecular weight is 244 g/mol. The van der Waals surface area contributed by atoms with Gasteiger partial charge >= 0.3 is 5.97 Å². The molecular weight excluding hydrogens is 224 g/mol. The number of carbonyl (C=O) groups is 2. The van der Waals surface area contributed by atoms with Crippen LogP contribution in [0.2, 0.25) is 0 Å². The van der Waals surface area contributed by atoms with Gasteiger partial charge in [-0.3, -0.25) is 9.69 Å². The number of nitrogens with zero attached hydrogens (tertiary/aromatic N) is 1. The molecule has 2 unspecified atom stereocenters. The van der Waals surface area contributed by atoms with Crippen LogP contribution < -0.4 is 5.73 Å². The summed E-state index contributed by atoms with van der Waals surface area (Å²) >= 11 is 0. The molecule has 3 N–H and O–H groups in total. The lowest BCUT2D eigenvalue weighted by molar-refractivity contribution is -0.162. The van der Waals surface area contributed by atoms with E-state index in [1.54, 1.807) is 6.92 Å². The van der Waals surface area contributed by atoms with Gasteiger partial charge in [-0.05, 0) is 26.8 Å². The molecule has 2 atom stereocenters. The summed E-state index contributed by atoms with van der Waals surface area (Å²) < 4.78 is 4.52. The first-order valence-electron chi connectivity index (χ1n) is 5.54. The molecular formula is C11H20N2O4. The van der Waals surface area contributed by atoms with Crippen molar-refractivity contribution in [3.05, 3.63) is 0 Å². The van der Waals surface area contributed by atoms with E-state index < -0.39 is 17.0 Å². The summed E-state index contributed by atoms with van der Waals surface area (Å²) in [7, 11) is 1.23. The summed E-state index contributed by atoms with van der Waals surface area (Å²) in [5.41, 5.74) is 3.19. The molecule has 0 aromatic carbocycles. The number of amides is 1. The number of aliphatic hydroxyl groups is 1. The van der Waals surface area contributed by atoms with Gasteiger partial charge in [-0.15, -0.1) is 0 Å². The van der Waals surface area contributed by atoms with Crippen molar-refractivity contribution in [2.75, 3.05) is 26.7 Å². The van der Waals surface area contributed by atoms with E-state index in [0.717, 1.165) is 0 Å². The molecule has 0 bridgehead atoms. The predicted molar refractivity (Wildman–Crippen MR) is 61.0 cm³/mol. The van der Waals surface area contributed by atoms with Gasteiger partial charge in [0.05, 0.1) is 12.5 Å². The topological polar surface area (TPSA) is 92.9 Å². The third kappa shape index (κ3) is 2.95. The highest BCUT2D eigenvalue weighted by molar-refractivity contribution is 5.81. The first-order valence-corrected chi connectivity index (χ1v) is 5.54. The maximum Gasteiger partial charge on any atom is 0.338 e. The zero-order valence-corrected chi connectivity index (χ0v) is 10.5. The van der Waals surface area contributed by atoms with Crippen LogP contribution in [-0.4, -0.2) is 54.2 Å². The summed E-state index contributed by atoms with van der Waals surface area (Å²) in [5, 5.41) is 9.92. The maximum atomic E-state index is 11.3. The van der Waals surface area contributed by atoms with Gasteiger partial charge in [-0.1, -0.05) is 0 Å². The lowest BCUT2D eigenvalue weighted by Gasteiger charge is -2.27. The van der Waals surface area contributed by atoms with Crippen LogP contribution in [-0.2, 0) is 14.3 Å². The Morgan fingerprint density at radius 1 is 1.59 bits per heavy atom. The number of esters is 1. The first-order chi connectivity index (χ1) is 7.71. The fourth-order valence-electron chi connectivity index (χ4n) is 2.11. The third-order valence-electron chi connectivity index (χ3n) is 3.30. The Balaban J connectivity index is 2.62. The first kappa shape index (κ1) is 13.9. The molecule has 0 spiro atoms. The van der Waals surface area contributed by atoms with Gasteiger partial charge in [0.25, 0.3) is 0 Å². The van der Waals surface area contributed by atoms with Crippen molar-refractivity contribution in [3.8, 4) is 0 Å². The predicted octanol–water partition coefficient (Wildman–Crippen LogP) is -0.892. The molecule has 98 valence electrons. The summed E-state index contributed by atoms with van der Waals surface area (Å²) in [6.45, 7) is 4.42. The van der Waals surface area contributed by atoms with Gasteiger partial charge in [0.1, 0.15) is 0 Å². The normalized spacial score (nSPS) is 28.7. The molecule has 0 aliphatic carbocycles. The van der Waals surface area contributed by atoms with E-state index in [1.807, 2.05) is 4.90 Å². The van der Waals surface area contributed by atoms with Crippen molar-refractivity contribution in [2.24, 2.45) is 11.1 Å². The molecule has 1 aliphatic heterocycles. The SMILES string of the molecule is COC(=O)C(C)(O)CN1CCC(C)(C(N)=O)C1. The second-order valence-corrected chi connectivity index (χ2v) is 5.15. The van der Waals surface area contributed by atoms with Crippen molar-refractivity contribution >= 4 is 11.9 Å². The Bertz CT molecular complexity index is 329. The Labute approximate surface area is 101 Å². The fraction of sp³-hybridized carbons (Fsp3) is 0.818. The smallest absolute Gasteiger partial charge is 0.338 e. The number of carbonyl (C=O) groups excluding carboxylic acids is 2. The van der Waals surface area contributed by atoms with E-state index in [-0.39, 0.29) is 12.5 Å². The third-order valence-corrected chi connectivity index (χ3v) is 3.30. The Kier molecular flexibility index (Phi) is 3.78. The molecule has 1 saturated heterocycles. The number of methoxy groups -OCH3 is 1. The van der Waals surface area contributed by atoms with E-state index in [1.165, 1.54) is 14.0 Å². The molecule has 0 radical (unpaired) electrons. The minimum absolute atomic E-state index is 0.141. The number of primary amides is 1. The van der Waals surface area contributed by atoms with Gasteiger partial charge in [-0.2, -0.15) is 0 Å². The number of β-amino-alcohol motifs (C(OH)–C–C–N with tert-alkyl or cyclic N) is 1. The number of ether oxygens (including phenoxy) is 1. The Morgan fingerprint density at radius 2 is 2.18 bits per heavy atom. The summed E-state index contributed by atoms with van der Waals surface area (Å²) in [4.78, 5) is 24.4. The molecule has 1 fully saturated rings. The molecule has 1 rings (SSSR count). The largest absolute Gasteiger partial charge is 0.467 e. The van der Waals surface area contributed by atoms with Crippen LogP contribution in [0.25, 0.3) is 0 Å². The minimum atomic E-state index is -1.56. The number of rotatable bonds is 4. The van der Waals surface area contributed by atoms with Crippen molar-refractivity contribution in [1.82, 2.24) is 4.90 Å². The second-order valence-electron chi connectivity index (χ2n) is 5.15. The van der Waals surface area contributed by atoms with Crippen LogP contribution in [0.5, 0.6) is 0 Å². The van der Waals surface area contributed by atoms with Crippen molar-refractivity contribution in [3.63, 3.8) is 0 Å². The summed E-state index contributed by atoms with van der Waals surface area (Å²) in [6.07, 6.45) is 0.638. The van der Waals surface area contributed by atoms with Crippen molar-refractivity contribution in [2.45, 2.75) is 25.9 Å². The van der Waals surface area contributed by atoms with Crippen molar-refractivity contribution < 1.29 is 19.4 Å². The quantitative estimate of drug-likeness (QED) is 0.626. The molecule has 6 nitrogen and oxygen atoms in total. The molecule has 0 saturated carbocycles. The van der Waals surface area contributed by atoms with Gasteiger partial charge in [0, 0.05) is 13.1 Å². The van der Waals surface area contributed by atoms with E-state index >= 15 is 0 Å². The number of hydrogen-bond donors (Lipinski definition) is 2. The van der Waals surface area contributed by atoms with Gasteiger partial charge in [0.2, 0.25) is 5.91 Å². The van der Waals surface area contributed by atoms with Crippen LogP contribution in [0.1, 0.15) is 20.3 Å². The highest BCUT2D eigenvalue weighted by Gasteiger charge is 2.42. The van der Waals surface area contributed by atoms with E-state index in [0.29, 0.717) is 19.5 Å². The number of nitrogens with two attached hydrogens (primary N) is 1. The lowest BCUT2D eigenvalue weighted by Crippen LogP contribution is -2.47. The molecule has 17 heavy (non-hydrogen) atoms. The molecule has 1 aliphatic rings. The number of hydrogen-bond acceptors (Lipinski definition) is 5. The Morgan fingerprint density at radius 3 is 2.59 bits per heavy atom. The van der Waals surface area contributed by atoms with E-state index in [2.05, 4.69) is 4.74 Å². The van der Waals surface area contributed by atoms with Crippen LogP contribution >= 0.6 is 0 Å². The van der Waals surface area contributed by atoms with Crippen molar-refractivity contribution in [1.29, 1.82) is 0 Å². The van der Waals surface area contributed by atoms with Crippen LogP contribution in [0.3, 0.4) is 0 Å². The zero-order chi connectivity index (χ0) is 13.3. The number of likely N-dealkylation sites (tertiary alicyclic amines) is 1. The highest BCUT2D eigenvalue weighted by atomic mass is 16.5. The molecule has 1 heterocycles. The van der Waals surface area contributed by atoms with E-state index in [4.69, 9.17) is 5.73 Å². The molecule has 6 heteroatoms. The van der Waals surface area contributed by atoms with Crippen LogP contribution in [0, 0.1) is 5.41 Å². The minimum Gasteiger partial charge on any atom is -0.467 e. The molecule has 0 aromatic heterocycles. The fourth-order valence-corrected chi connectivity index (χ4v) is 2.11. The van der Waals surface area contributed by atoms with Crippen LogP contribution in [0.15, 0.2) is 0 Å². The maximum absolute atomic E-state index is 11.3. The van der Waals surface area contributed by atoms with Gasteiger partial charge in [0.15, 0.2) is 5.60 Å². The molecule has 1 amide bonds. The lowest BCUT2D eigenvalue weighted by atomic mass is 9.89. The summed E-state index contributed by atoms with van der Waals surface area (Å²) in [6, 6.07) is 0. The van der Waals surface area contributed by atoms with Gasteiger partial charge in [-0.25, -0.2) is 4.79 Å².